The Kier molecular flexibility index (Phi) is 3.13. The van der Waals surface area contributed by atoms with Gasteiger partial charge in [0.15, 0.2) is 5.58 Å². The van der Waals surface area contributed by atoms with Crippen molar-refractivity contribution in [2.45, 2.75) is 57.5 Å². The predicted octanol–water partition coefficient (Wildman–Crippen LogP) is 5.82. The molecule has 0 radical (unpaired) electrons. The minimum absolute atomic E-state index is 0.0798. The van der Waals surface area contributed by atoms with Crippen LogP contribution in [0.3, 0.4) is 0 Å². The van der Waals surface area contributed by atoms with Gasteiger partial charge in [-0.1, -0.05) is 37.5 Å². The summed E-state index contributed by atoms with van der Waals surface area (Å²) in [6.45, 7) is 4.61. The van der Waals surface area contributed by atoms with E-state index in [1.165, 1.54) is 60.1 Å². The molecule has 1 fully saturated rings. The molecule has 0 saturated heterocycles. The zero-order valence-electron chi connectivity index (χ0n) is 15.4. The molecule has 3 aromatic rings. The van der Waals surface area contributed by atoms with E-state index in [1.807, 2.05) is 6.26 Å². The fourth-order valence-corrected chi connectivity index (χ4v) is 5.62. The van der Waals surface area contributed by atoms with Crippen LogP contribution >= 0.6 is 0 Å². The fourth-order valence-electron chi connectivity index (χ4n) is 5.62. The summed E-state index contributed by atoms with van der Waals surface area (Å²) < 4.78 is 8.39. The molecule has 5 rings (SSSR count). The Morgan fingerprint density at radius 1 is 1.08 bits per heavy atom. The average molecular weight is 334 g/mol. The molecule has 1 aliphatic carbocycles. The van der Waals surface area contributed by atoms with Crippen LogP contribution in [-0.4, -0.2) is 4.57 Å². The van der Waals surface area contributed by atoms with Crippen LogP contribution in [0.4, 0.5) is 5.69 Å². The van der Waals surface area contributed by atoms with Crippen LogP contribution in [0.5, 0.6) is 0 Å². The van der Waals surface area contributed by atoms with Gasteiger partial charge in [-0.15, -0.1) is 0 Å². The first-order valence-corrected chi connectivity index (χ1v) is 9.56. The summed E-state index contributed by atoms with van der Waals surface area (Å²) in [5.41, 5.74) is 8.09. The first kappa shape index (κ1) is 15.1. The van der Waals surface area contributed by atoms with E-state index >= 15 is 0 Å². The summed E-state index contributed by atoms with van der Waals surface area (Å²) in [4.78, 5) is 2.72. The maximum Gasteiger partial charge on any atom is 0.157 e. The highest BCUT2D eigenvalue weighted by Crippen LogP contribution is 2.58. The van der Waals surface area contributed by atoms with Crippen molar-refractivity contribution >= 4 is 16.8 Å². The molecule has 0 amide bonds. The molecule has 0 bridgehead atoms. The van der Waals surface area contributed by atoms with Crippen molar-refractivity contribution in [2.24, 2.45) is 7.05 Å². The second-order valence-electron chi connectivity index (χ2n) is 7.88. The van der Waals surface area contributed by atoms with E-state index in [9.17, 15) is 0 Å². The quantitative estimate of drug-likeness (QED) is 0.559. The SMILES string of the molecule is Cc1ccccc1N1[C@@H](C)c2c(c3occc3n2C)C12CCCCC2. The van der Waals surface area contributed by atoms with E-state index < -0.39 is 0 Å². The lowest BCUT2D eigenvalue weighted by atomic mass is 9.77. The normalized spacial score (nSPS) is 22.0. The Morgan fingerprint density at radius 2 is 1.84 bits per heavy atom. The van der Waals surface area contributed by atoms with E-state index in [-0.39, 0.29) is 5.54 Å². The lowest BCUT2D eigenvalue weighted by molar-refractivity contribution is 0.283. The number of hydrogen-bond acceptors (Lipinski definition) is 2. The van der Waals surface area contributed by atoms with Crippen LogP contribution < -0.4 is 4.90 Å². The molecule has 2 aliphatic rings. The van der Waals surface area contributed by atoms with Crippen LogP contribution in [0.2, 0.25) is 0 Å². The van der Waals surface area contributed by atoms with Gasteiger partial charge < -0.3 is 13.9 Å². The number of rotatable bonds is 1. The number of para-hydroxylation sites is 1. The molecular weight excluding hydrogens is 308 g/mol. The highest BCUT2D eigenvalue weighted by Gasteiger charge is 2.53. The Hall–Kier alpha value is -2.16. The van der Waals surface area contributed by atoms with Crippen molar-refractivity contribution in [2.75, 3.05) is 4.90 Å². The average Bonchev–Trinajstić information content (AvgIpc) is 3.25. The van der Waals surface area contributed by atoms with Gasteiger partial charge in [-0.2, -0.15) is 0 Å². The van der Waals surface area contributed by atoms with Crippen molar-refractivity contribution in [3.63, 3.8) is 0 Å². The van der Waals surface area contributed by atoms with Gasteiger partial charge in [0, 0.05) is 30.1 Å². The lowest BCUT2D eigenvalue weighted by Crippen LogP contribution is -2.44. The summed E-state index contributed by atoms with van der Waals surface area (Å²) in [6.07, 6.45) is 8.23. The first-order valence-electron chi connectivity index (χ1n) is 9.56. The number of fused-ring (bicyclic) bond motifs is 4. The fraction of sp³-hybridized carbons (Fsp3) is 0.455. The maximum atomic E-state index is 6.02. The van der Waals surface area contributed by atoms with E-state index in [4.69, 9.17) is 4.42 Å². The van der Waals surface area contributed by atoms with Crippen molar-refractivity contribution in [3.8, 4) is 0 Å². The maximum absolute atomic E-state index is 6.02. The van der Waals surface area contributed by atoms with Crippen molar-refractivity contribution < 1.29 is 4.42 Å². The van der Waals surface area contributed by atoms with E-state index in [0.717, 1.165) is 5.58 Å². The van der Waals surface area contributed by atoms with Gasteiger partial charge in [-0.3, -0.25) is 0 Å². The minimum atomic E-state index is 0.0798. The van der Waals surface area contributed by atoms with Crippen LogP contribution in [-0.2, 0) is 12.6 Å². The van der Waals surface area contributed by atoms with Gasteiger partial charge in [-0.25, -0.2) is 0 Å². The van der Waals surface area contributed by atoms with Crippen molar-refractivity contribution in [3.05, 3.63) is 53.4 Å². The summed E-state index contributed by atoms with van der Waals surface area (Å²) in [7, 11) is 2.20. The predicted molar refractivity (Wildman–Crippen MR) is 102 cm³/mol. The minimum Gasteiger partial charge on any atom is -0.462 e. The molecule has 3 nitrogen and oxygen atoms in total. The van der Waals surface area contributed by atoms with E-state index in [1.54, 1.807) is 0 Å². The number of anilines is 1. The van der Waals surface area contributed by atoms with Crippen LogP contribution in [0.15, 0.2) is 41.0 Å². The van der Waals surface area contributed by atoms with Gasteiger partial charge in [0.2, 0.25) is 0 Å². The molecule has 0 unspecified atom stereocenters. The Morgan fingerprint density at radius 3 is 2.60 bits per heavy atom. The number of nitrogens with zero attached hydrogens (tertiary/aromatic N) is 2. The highest BCUT2D eigenvalue weighted by molar-refractivity contribution is 5.85. The molecular formula is C22H26N2O. The van der Waals surface area contributed by atoms with Gasteiger partial charge in [0.25, 0.3) is 0 Å². The summed E-state index contributed by atoms with van der Waals surface area (Å²) in [5.74, 6) is 0. The van der Waals surface area contributed by atoms with Gasteiger partial charge in [0.1, 0.15) is 0 Å². The van der Waals surface area contributed by atoms with Crippen LogP contribution in [0.25, 0.3) is 11.1 Å². The van der Waals surface area contributed by atoms with Gasteiger partial charge in [-0.05, 0) is 38.3 Å². The smallest absolute Gasteiger partial charge is 0.157 e. The van der Waals surface area contributed by atoms with Gasteiger partial charge in [0.05, 0.1) is 23.4 Å². The molecule has 1 saturated carbocycles. The third kappa shape index (κ3) is 1.81. The van der Waals surface area contributed by atoms with Crippen LogP contribution in [0, 0.1) is 6.92 Å². The molecule has 3 heterocycles. The number of aryl methyl sites for hydroxylation is 2. The highest BCUT2D eigenvalue weighted by atomic mass is 16.3. The van der Waals surface area contributed by atoms with Gasteiger partial charge >= 0.3 is 0 Å². The molecule has 1 atom stereocenters. The second kappa shape index (κ2) is 5.17. The first-order chi connectivity index (χ1) is 12.1. The molecule has 0 N–H and O–H groups in total. The standard InChI is InChI=1S/C22H26N2O/c1-15-9-5-6-10-17(15)24-16(2)20-19(22(24)12-7-4-8-13-22)21-18(23(20)3)11-14-25-21/h5-6,9-11,14,16H,4,7-8,12-13H2,1-3H3/t16-/m0/s1. The number of hydrogen-bond donors (Lipinski definition) is 0. The monoisotopic (exact) mass is 334 g/mol. The molecule has 1 aliphatic heterocycles. The van der Waals surface area contributed by atoms with Crippen molar-refractivity contribution in [1.29, 1.82) is 0 Å². The molecule has 1 spiro atoms. The molecule has 3 heteroatoms. The Labute approximate surface area is 149 Å². The lowest BCUT2D eigenvalue weighted by Gasteiger charge is -2.45. The third-order valence-corrected chi connectivity index (χ3v) is 6.62. The zero-order valence-corrected chi connectivity index (χ0v) is 15.4. The number of benzene rings is 1. The molecule has 1 aromatic carbocycles. The summed E-state index contributed by atoms with van der Waals surface area (Å²) in [5, 5.41) is 0. The molecule has 25 heavy (non-hydrogen) atoms. The zero-order chi connectivity index (χ0) is 17.2. The summed E-state index contributed by atoms with van der Waals surface area (Å²) >= 11 is 0. The molecule has 130 valence electrons. The summed E-state index contributed by atoms with van der Waals surface area (Å²) in [6, 6.07) is 11.3. The van der Waals surface area contributed by atoms with Crippen molar-refractivity contribution in [1.82, 2.24) is 4.57 Å². The Bertz CT molecular complexity index is 942. The van der Waals surface area contributed by atoms with E-state index in [2.05, 4.69) is 60.7 Å². The number of furan rings is 1. The third-order valence-electron chi connectivity index (χ3n) is 6.62. The second-order valence-corrected chi connectivity index (χ2v) is 7.88. The molecule has 2 aromatic heterocycles. The topological polar surface area (TPSA) is 21.3 Å². The van der Waals surface area contributed by atoms with E-state index in [0.29, 0.717) is 6.04 Å². The van der Waals surface area contributed by atoms with Crippen LogP contribution in [0.1, 0.15) is 61.9 Å². The Balaban J connectivity index is 1.81. The number of aromatic nitrogens is 1. The largest absolute Gasteiger partial charge is 0.462 e.